The summed E-state index contributed by atoms with van der Waals surface area (Å²) >= 11 is 0. The number of carbonyl (C=O) groups excluding carboxylic acids is 2. The first-order chi connectivity index (χ1) is 10.1. The molecule has 0 unspecified atom stereocenters. The molecule has 0 aliphatic carbocycles. The first kappa shape index (κ1) is 13.3. The molecule has 2 amide bonds. The van der Waals surface area contributed by atoms with Crippen LogP contribution in [0.5, 0.6) is 0 Å². The molecule has 1 aliphatic heterocycles. The fourth-order valence-corrected chi connectivity index (χ4v) is 2.39. The summed E-state index contributed by atoms with van der Waals surface area (Å²) in [6, 6.07) is 10.4. The van der Waals surface area contributed by atoms with Gasteiger partial charge in [0.15, 0.2) is 0 Å². The van der Waals surface area contributed by atoms with Crippen LogP contribution in [0.4, 0.5) is 5.69 Å². The van der Waals surface area contributed by atoms with Gasteiger partial charge < -0.3 is 9.52 Å². The Bertz CT molecular complexity index is 757. The normalized spacial score (nSPS) is 15.6. The lowest BCUT2D eigenvalue weighted by molar-refractivity contribution is -0.122. The number of imide groups is 1. The zero-order valence-corrected chi connectivity index (χ0v) is 11.4. The van der Waals surface area contributed by atoms with Crippen molar-refractivity contribution in [3.63, 3.8) is 0 Å². The molecule has 0 atom stereocenters. The number of nitrogens with zero attached hydrogens (tertiary/aromatic N) is 1. The maximum atomic E-state index is 12.4. The maximum Gasteiger partial charge on any atom is 0.265 e. The summed E-state index contributed by atoms with van der Waals surface area (Å²) in [5.41, 5.74) is 1.68. The average Bonchev–Trinajstić information content (AvgIpc) is 3.03. The Morgan fingerprint density at radius 3 is 2.71 bits per heavy atom. The lowest BCUT2D eigenvalue weighted by atomic mass is 10.1. The minimum atomic E-state index is -0.370. The molecule has 0 saturated heterocycles. The van der Waals surface area contributed by atoms with Crippen LogP contribution >= 0.6 is 0 Å². The number of furan rings is 1. The highest BCUT2D eigenvalue weighted by atomic mass is 16.4. The van der Waals surface area contributed by atoms with Crippen molar-refractivity contribution in [1.82, 2.24) is 0 Å². The second-order valence-electron chi connectivity index (χ2n) is 4.70. The quantitative estimate of drug-likeness (QED) is 0.858. The number of carbonyl (C=O) groups is 2. The van der Waals surface area contributed by atoms with E-state index in [4.69, 9.17) is 9.52 Å². The Hall–Kier alpha value is -2.66. The van der Waals surface area contributed by atoms with Crippen LogP contribution < -0.4 is 4.90 Å². The molecule has 1 aliphatic rings. The van der Waals surface area contributed by atoms with Gasteiger partial charge in [-0.2, -0.15) is 0 Å². The SMILES string of the molecule is CC(=O)N1C(=O)/C(=C/c2ccc(CO)o2)c2ccccc21. The smallest absolute Gasteiger partial charge is 0.265 e. The molecular formula is C16H13NO4. The standard InChI is InChI=1S/C16H13NO4/c1-10(19)17-15-5-3-2-4-13(15)14(16(17)20)8-11-6-7-12(9-18)21-11/h2-8,18H,9H2,1H3/b14-8+. The topological polar surface area (TPSA) is 70.8 Å². The number of amides is 2. The fourth-order valence-electron chi connectivity index (χ4n) is 2.39. The molecule has 0 spiro atoms. The number of hydrogen-bond donors (Lipinski definition) is 1. The van der Waals surface area contributed by atoms with Crippen molar-refractivity contribution in [2.75, 3.05) is 4.90 Å². The molecule has 0 radical (unpaired) electrons. The molecule has 2 aromatic rings. The van der Waals surface area contributed by atoms with Crippen molar-refractivity contribution in [3.05, 3.63) is 53.5 Å². The molecule has 0 saturated carbocycles. The number of aliphatic hydroxyl groups excluding tert-OH is 1. The van der Waals surface area contributed by atoms with E-state index in [0.29, 0.717) is 28.3 Å². The van der Waals surface area contributed by atoms with Gasteiger partial charge in [0.1, 0.15) is 18.1 Å². The number of para-hydroxylation sites is 1. The van der Waals surface area contributed by atoms with E-state index < -0.39 is 0 Å². The second-order valence-corrected chi connectivity index (χ2v) is 4.70. The molecule has 1 aromatic carbocycles. The summed E-state index contributed by atoms with van der Waals surface area (Å²) in [4.78, 5) is 25.3. The summed E-state index contributed by atoms with van der Waals surface area (Å²) in [5.74, 6) is 0.184. The fraction of sp³-hybridized carbons (Fsp3) is 0.125. The van der Waals surface area contributed by atoms with Gasteiger partial charge in [-0.05, 0) is 24.3 Å². The van der Waals surface area contributed by atoms with Crippen LogP contribution in [0.15, 0.2) is 40.8 Å². The Kier molecular flexibility index (Phi) is 3.19. The summed E-state index contributed by atoms with van der Waals surface area (Å²) in [7, 11) is 0. The molecular weight excluding hydrogens is 270 g/mol. The number of fused-ring (bicyclic) bond motifs is 1. The van der Waals surface area contributed by atoms with Gasteiger partial charge in [0, 0.05) is 12.5 Å². The van der Waals surface area contributed by atoms with Crippen LogP contribution in [0, 0.1) is 0 Å². The number of aliphatic hydroxyl groups is 1. The zero-order chi connectivity index (χ0) is 15.0. The lowest BCUT2D eigenvalue weighted by Crippen LogP contribution is -2.30. The Labute approximate surface area is 121 Å². The molecule has 0 bridgehead atoms. The van der Waals surface area contributed by atoms with Crippen LogP contribution in [0.1, 0.15) is 24.0 Å². The monoisotopic (exact) mass is 283 g/mol. The largest absolute Gasteiger partial charge is 0.459 e. The van der Waals surface area contributed by atoms with Crippen molar-refractivity contribution in [3.8, 4) is 0 Å². The third kappa shape index (κ3) is 2.17. The number of hydrogen-bond acceptors (Lipinski definition) is 4. The van der Waals surface area contributed by atoms with Gasteiger partial charge in [-0.15, -0.1) is 0 Å². The van der Waals surface area contributed by atoms with Gasteiger partial charge in [0.05, 0.1) is 11.3 Å². The van der Waals surface area contributed by atoms with E-state index in [0.717, 1.165) is 4.90 Å². The van der Waals surface area contributed by atoms with Gasteiger partial charge >= 0.3 is 0 Å². The van der Waals surface area contributed by atoms with Gasteiger partial charge in [0.25, 0.3) is 5.91 Å². The van der Waals surface area contributed by atoms with Crippen molar-refractivity contribution in [2.24, 2.45) is 0 Å². The predicted octanol–water partition coefficient (Wildman–Crippen LogP) is 2.21. The van der Waals surface area contributed by atoms with Gasteiger partial charge in [-0.1, -0.05) is 18.2 Å². The third-order valence-corrected chi connectivity index (χ3v) is 3.31. The van der Waals surface area contributed by atoms with E-state index in [1.807, 2.05) is 6.07 Å². The Morgan fingerprint density at radius 2 is 2.05 bits per heavy atom. The molecule has 21 heavy (non-hydrogen) atoms. The van der Waals surface area contributed by atoms with E-state index in [-0.39, 0.29) is 18.4 Å². The van der Waals surface area contributed by atoms with Crippen molar-refractivity contribution in [1.29, 1.82) is 0 Å². The highest BCUT2D eigenvalue weighted by Gasteiger charge is 2.34. The van der Waals surface area contributed by atoms with Gasteiger partial charge in [-0.3, -0.25) is 9.59 Å². The van der Waals surface area contributed by atoms with Crippen molar-refractivity contribution in [2.45, 2.75) is 13.5 Å². The van der Waals surface area contributed by atoms with E-state index in [1.165, 1.54) is 6.92 Å². The maximum absolute atomic E-state index is 12.4. The molecule has 5 heteroatoms. The molecule has 5 nitrogen and oxygen atoms in total. The van der Waals surface area contributed by atoms with E-state index >= 15 is 0 Å². The van der Waals surface area contributed by atoms with Crippen LogP contribution in [0.2, 0.25) is 0 Å². The lowest BCUT2D eigenvalue weighted by Gasteiger charge is -2.11. The number of anilines is 1. The van der Waals surface area contributed by atoms with E-state index in [9.17, 15) is 9.59 Å². The third-order valence-electron chi connectivity index (χ3n) is 3.31. The minimum absolute atomic E-state index is 0.201. The predicted molar refractivity (Wildman–Crippen MR) is 77.1 cm³/mol. The summed E-state index contributed by atoms with van der Waals surface area (Å²) in [6.07, 6.45) is 1.59. The number of rotatable bonds is 2. The number of benzene rings is 1. The molecule has 1 N–H and O–H groups in total. The van der Waals surface area contributed by atoms with Gasteiger partial charge in [0.2, 0.25) is 5.91 Å². The molecule has 1 aromatic heterocycles. The second kappa shape index (κ2) is 5.03. The Morgan fingerprint density at radius 1 is 1.29 bits per heavy atom. The van der Waals surface area contributed by atoms with Crippen LogP contribution in [0.25, 0.3) is 11.6 Å². The highest BCUT2D eigenvalue weighted by molar-refractivity contribution is 6.41. The molecule has 3 rings (SSSR count). The first-order valence-corrected chi connectivity index (χ1v) is 6.47. The summed E-state index contributed by atoms with van der Waals surface area (Å²) in [6.45, 7) is 1.15. The molecule has 0 fully saturated rings. The summed E-state index contributed by atoms with van der Waals surface area (Å²) in [5, 5.41) is 9.00. The minimum Gasteiger partial charge on any atom is -0.459 e. The highest BCUT2D eigenvalue weighted by Crippen LogP contribution is 2.37. The molecule has 106 valence electrons. The van der Waals surface area contributed by atoms with Crippen LogP contribution in [0.3, 0.4) is 0 Å². The summed E-state index contributed by atoms with van der Waals surface area (Å²) < 4.78 is 5.37. The van der Waals surface area contributed by atoms with Crippen LogP contribution in [-0.4, -0.2) is 16.9 Å². The van der Waals surface area contributed by atoms with Crippen molar-refractivity contribution < 1.29 is 19.1 Å². The van der Waals surface area contributed by atoms with Crippen LogP contribution in [-0.2, 0) is 16.2 Å². The molecule has 2 heterocycles. The van der Waals surface area contributed by atoms with Crippen molar-refractivity contribution >= 4 is 29.2 Å². The van der Waals surface area contributed by atoms with E-state index in [2.05, 4.69) is 0 Å². The zero-order valence-electron chi connectivity index (χ0n) is 11.4. The average molecular weight is 283 g/mol. The van der Waals surface area contributed by atoms with E-state index in [1.54, 1.807) is 36.4 Å². The first-order valence-electron chi connectivity index (χ1n) is 6.47. The Balaban J connectivity index is 2.10. The van der Waals surface area contributed by atoms with Gasteiger partial charge in [-0.25, -0.2) is 4.90 Å².